The average molecular weight is 366 g/mol. The first-order chi connectivity index (χ1) is 12.5. The van der Waals surface area contributed by atoms with Crippen LogP contribution in [-0.4, -0.2) is 22.2 Å². The number of benzene rings is 2. The number of hydrogen-bond donors (Lipinski definition) is 2. The number of aryl methyl sites for hydroxylation is 1. The third-order valence-corrected chi connectivity index (χ3v) is 5.83. The molecule has 0 fully saturated rings. The normalized spacial score (nSPS) is 14.4. The van der Waals surface area contributed by atoms with Gasteiger partial charge in [-0.1, -0.05) is 52.0 Å². The maximum Gasteiger partial charge on any atom is 0.330 e. The number of rotatable bonds is 4. The molecule has 2 aromatic carbocycles. The summed E-state index contributed by atoms with van der Waals surface area (Å²) in [6.07, 6.45) is 0. The molecule has 4 nitrogen and oxygen atoms in total. The molecule has 2 aromatic rings. The third-order valence-electron chi connectivity index (χ3n) is 5.83. The highest BCUT2D eigenvalue weighted by molar-refractivity contribution is 6.15. The summed E-state index contributed by atoms with van der Waals surface area (Å²) >= 11 is 0. The lowest BCUT2D eigenvalue weighted by atomic mass is 9.74. The smallest absolute Gasteiger partial charge is 0.330 e. The predicted octanol–water partition coefficient (Wildman–Crippen LogP) is 4.99. The van der Waals surface area contributed by atoms with Crippen molar-refractivity contribution in [2.45, 2.75) is 58.8 Å². The van der Waals surface area contributed by atoms with Crippen molar-refractivity contribution < 1.29 is 19.8 Å². The molecule has 0 atom stereocenters. The Morgan fingerprint density at radius 1 is 0.889 bits per heavy atom. The van der Waals surface area contributed by atoms with Crippen LogP contribution < -0.4 is 0 Å². The van der Waals surface area contributed by atoms with Gasteiger partial charge in [0.15, 0.2) is 0 Å². The second kappa shape index (κ2) is 6.22. The molecule has 3 rings (SSSR count). The second-order valence-electron chi connectivity index (χ2n) is 8.13. The summed E-state index contributed by atoms with van der Waals surface area (Å²) in [5, 5.41) is 20.4. The van der Waals surface area contributed by atoms with Crippen LogP contribution in [0, 0.1) is 13.8 Å². The highest BCUT2D eigenvalue weighted by atomic mass is 16.4. The monoisotopic (exact) mass is 366 g/mol. The van der Waals surface area contributed by atoms with E-state index >= 15 is 0 Å². The Hall–Kier alpha value is -2.62. The topological polar surface area (TPSA) is 74.6 Å². The minimum absolute atomic E-state index is 0.172. The molecule has 0 aromatic heterocycles. The third kappa shape index (κ3) is 2.43. The van der Waals surface area contributed by atoms with Crippen LogP contribution >= 0.6 is 0 Å². The van der Waals surface area contributed by atoms with Gasteiger partial charge in [-0.05, 0) is 70.2 Å². The van der Waals surface area contributed by atoms with E-state index in [-0.39, 0.29) is 11.8 Å². The van der Waals surface area contributed by atoms with Crippen LogP contribution in [0.25, 0.3) is 11.1 Å². The number of carbonyl (C=O) groups is 2. The lowest BCUT2D eigenvalue weighted by molar-refractivity contribution is -0.155. The average Bonchev–Trinajstić information content (AvgIpc) is 2.85. The molecule has 0 spiro atoms. The number of carboxylic acids is 2. The fourth-order valence-electron chi connectivity index (χ4n) is 4.72. The number of hydrogen-bond acceptors (Lipinski definition) is 2. The molecule has 0 saturated heterocycles. The van der Waals surface area contributed by atoms with Crippen molar-refractivity contribution in [3.63, 3.8) is 0 Å². The van der Waals surface area contributed by atoms with Crippen LogP contribution in [-0.2, 0) is 15.0 Å². The van der Waals surface area contributed by atoms with Gasteiger partial charge in [0.05, 0.1) is 0 Å². The Balaban J connectivity index is 2.53. The first kappa shape index (κ1) is 19.2. The van der Waals surface area contributed by atoms with E-state index in [9.17, 15) is 19.8 Å². The van der Waals surface area contributed by atoms with Gasteiger partial charge in [0, 0.05) is 0 Å². The van der Waals surface area contributed by atoms with Gasteiger partial charge in [-0.15, -0.1) is 0 Å². The summed E-state index contributed by atoms with van der Waals surface area (Å²) in [4.78, 5) is 25.0. The fourth-order valence-corrected chi connectivity index (χ4v) is 4.72. The van der Waals surface area contributed by atoms with E-state index in [0.717, 1.165) is 27.8 Å². The maximum absolute atomic E-state index is 12.5. The van der Waals surface area contributed by atoms with E-state index in [4.69, 9.17) is 0 Å². The molecule has 1 aliphatic carbocycles. The van der Waals surface area contributed by atoms with Crippen molar-refractivity contribution in [2.75, 3.05) is 0 Å². The van der Waals surface area contributed by atoms with Crippen LogP contribution in [0.4, 0.5) is 0 Å². The van der Waals surface area contributed by atoms with Crippen molar-refractivity contribution in [3.05, 3.63) is 57.6 Å². The molecule has 2 N–H and O–H groups in total. The van der Waals surface area contributed by atoms with Gasteiger partial charge in [-0.3, -0.25) is 9.59 Å². The predicted molar refractivity (Wildman–Crippen MR) is 106 cm³/mol. The summed E-state index contributed by atoms with van der Waals surface area (Å²) in [6, 6.07) is 7.57. The van der Waals surface area contributed by atoms with E-state index in [1.807, 2.05) is 59.7 Å². The molecule has 1 aliphatic rings. The largest absolute Gasteiger partial charge is 0.480 e. The van der Waals surface area contributed by atoms with E-state index < -0.39 is 17.4 Å². The molecule has 0 amide bonds. The van der Waals surface area contributed by atoms with Gasteiger partial charge in [0.25, 0.3) is 0 Å². The summed E-state index contributed by atoms with van der Waals surface area (Å²) < 4.78 is 0. The minimum atomic E-state index is -2.07. The Morgan fingerprint density at radius 3 is 1.96 bits per heavy atom. The van der Waals surface area contributed by atoms with Gasteiger partial charge in [-0.25, -0.2) is 0 Å². The van der Waals surface area contributed by atoms with Crippen molar-refractivity contribution in [1.82, 2.24) is 0 Å². The zero-order valence-electron chi connectivity index (χ0n) is 16.7. The van der Waals surface area contributed by atoms with Crippen molar-refractivity contribution >= 4 is 11.9 Å². The molecule has 27 heavy (non-hydrogen) atoms. The Kier molecular flexibility index (Phi) is 4.41. The standard InChI is InChI=1S/C23H26O4/c1-11(2)15-7-8-16-17-9-13(5)19(12(3)4)14(6)20(17)23(21(24)25,22(26)27)18(16)10-15/h7-12H,1-6H3,(H,24,25)(H,26,27). The zero-order chi connectivity index (χ0) is 20.3. The van der Waals surface area contributed by atoms with Crippen LogP contribution in [0.5, 0.6) is 0 Å². The first-order valence-corrected chi connectivity index (χ1v) is 9.31. The summed E-state index contributed by atoms with van der Waals surface area (Å²) in [6.45, 7) is 12.0. The summed E-state index contributed by atoms with van der Waals surface area (Å²) in [7, 11) is 0. The molecular formula is C23H26O4. The van der Waals surface area contributed by atoms with Crippen molar-refractivity contribution in [3.8, 4) is 11.1 Å². The number of aliphatic carboxylic acids is 2. The Labute approximate surface area is 159 Å². The van der Waals surface area contributed by atoms with E-state index in [1.54, 1.807) is 6.07 Å². The Morgan fingerprint density at radius 2 is 1.48 bits per heavy atom. The lowest BCUT2D eigenvalue weighted by Gasteiger charge is -2.27. The second-order valence-corrected chi connectivity index (χ2v) is 8.13. The lowest BCUT2D eigenvalue weighted by Crippen LogP contribution is -2.44. The number of carboxylic acid groups (broad SMARTS) is 2. The molecule has 0 radical (unpaired) electrons. The molecule has 0 unspecified atom stereocenters. The minimum Gasteiger partial charge on any atom is -0.480 e. The van der Waals surface area contributed by atoms with Crippen molar-refractivity contribution in [2.24, 2.45) is 0 Å². The van der Waals surface area contributed by atoms with Crippen LogP contribution in [0.15, 0.2) is 24.3 Å². The molecule has 142 valence electrons. The van der Waals surface area contributed by atoms with Gasteiger partial charge in [0.1, 0.15) is 0 Å². The molecular weight excluding hydrogens is 340 g/mol. The van der Waals surface area contributed by atoms with E-state index in [0.29, 0.717) is 16.7 Å². The van der Waals surface area contributed by atoms with Gasteiger partial charge >= 0.3 is 11.9 Å². The van der Waals surface area contributed by atoms with E-state index in [1.165, 1.54) is 0 Å². The molecule has 0 heterocycles. The SMILES string of the molecule is Cc1cc2c(c(C)c1C(C)C)C(C(=O)O)(C(=O)O)c1cc(C(C)C)ccc1-2. The maximum atomic E-state index is 12.5. The highest BCUT2D eigenvalue weighted by Gasteiger charge is 2.57. The van der Waals surface area contributed by atoms with Gasteiger partial charge < -0.3 is 10.2 Å². The zero-order valence-corrected chi connectivity index (χ0v) is 16.7. The summed E-state index contributed by atoms with van der Waals surface area (Å²) in [5.74, 6) is -2.32. The van der Waals surface area contributed by atoms with Crippen LogP contribution in [0.3, 0.4) is 0 Å². The van der Waals surface area contributed by atoms with E-state index in [2.05, 4.69) is 0 Å². The quantitative estimate of drug-likeness (QED) is 0.748. The van der Waals surface area contributed by atoms with Crippen LogP contribution in [0.1, 0.15) is 72.9 Å². The van der Waals surface area contributed by atoms with Gasteiger partial charge in [0.2, 0.25) is 5.41 Å². The van der Waals surface area contributed by atoms with Gasteiger partial charge in [-0.2, -0.15) is 0 Å². The summed E-state index contributed by atoms with van der Waals surface area (Å²) in [5.41, 5.74) is 3.94. The highest BCUT2D eigenvalue weighted by Crippen LogP contribution is 2.53. The fraction of sp³-hybridized carbons (Fsp3) is 0.391. The van der Waals surface area contributed by atoms with Crippen LogP contribution in [0.2, 0.25) is 0 Å². The molecule has 0 bridgehead atoms. The van der Waals surface area contributed by atoms with Crippen molar-refractivity contribution in [1.29, 1.82) is 0 Å². The Bertz CT molecular complexity index is 953. The first-order valence-electron chi connectivity index (χ1n) is 9.31. The molecule has 0 saturated carbocycles. The molecule has 0 aliphatic heterocycles. The molecule has 4 heteroatoms. The number of fused-ring (bicyclic) bond motifs is 3.